The summed E-state index contributed by atoms with van der Waals surface area (Å²) in [5, 5.41) is 9.31. The van der Waals surface area contributed by atoms with Crippen LogP contribution in [0.4, 0.5) is 20.2 Å². The normalized spacial score (nSPS) is 13.1. The molecule has 0 spiro atoms. The molecular formula is C35H36F2N4O6S. The highest BCUT2D eigenvalue weighted by Crippen LogP contribution is 2.47. The molecule has 0 bridgehead atoms. The molecule has 252 valence electrons. The Morgan fingerprint density at radius 2 is 1.56 bits per heavy atom. The van der Waals surface area contributed by atoms with E-state index in [1.165, 1.54) is 55.3 Å². The molecule has 1 heterocycles. The fourth-order valence-electron chi connectivity index (χ4n) is 4.90. The third-order valence-corrected chi connectivity index (χ3v) is 8.58. The van der Waals surface area contributed by atoms with Gasteiger partial charge in [0.15, 0.2) is 28.2 Å². The van der Waals surface area contributed by atoms with E-state index < -0.39 is 28.9 Å². The van der Waals surface area contributed by atoms with Crippen molar-refractivity contribution in [3.05, 3.63) is 78.5 Å². The Kier molecular flexibility index (Phi) is 11.5. The van der Waals surface area contributed by atoms with Crippen LogP contribution in [0, 0.1) is 17.0 Å². The smallest absolute Gasteiger partial charge is 0.240 e. The fourth-order valence-corrected chi connectivity index (χ4v) is 5.48. The number of fused-ring (bicyclic) bond motifs is 1. The van der Waals surface area contributed by atoms with Gasteiger partial charge in [-0.3, -0.25) is 19.4 Å². The number of carbonyl (C=O) groups is 3. The van der Waals surface area contributed by atoms with Crippen LogP contribution in [-0.4, -0.2) is 54.5 Å². The summed E-state index contributed by atoms with van der Waals surface area (Å²) in [5.41, 5.74) is -0.195. The molecule has 5 rings (SSSR count). The maximum atomic E-state index is 15.2. The topological polar surface area (TPSA) is 128 Å². The van der Waals surface area contributed by atoms with Gasteiger partial charge in [0, 0.05) is 47.8 Å². The maximum Gasteiger partial charge on any atom is 0.240 e. The summed E-state index contributed by atoms with van der Waals surface area (Å²) >= 11 is 1.33. The van der Waals surface area contributed by atoms with Crippen LogP contribution >= 0.6 is 11.8 Å². The number of methoxy groups -OCH3 is 1. The third kappa shape index (κ3) is 8.78. The number of rotatable bonds is 16. The molecular weight excluding hydrogens is 642 g/mol. The Morgan fingerprint density at radius 1 is 0.854 bits per heavy atom. The fraction of sp³-hybridized carbons (Fsp3) is 0.314. The van der Waals surface area contributed by atoms with Crippen LogP contribution in [0.5, 0.6) is 23.0 Å². The Balaban J connectivity index is 1.18. The number of thioether (sulfide) groups is 1. The number of pyridine rings is 1. The van der Waals surface area contributed by atoms with Crippen molar-refractivity contribution in [1.29, 1.82) is 0 Å². The minimum absolute atomic E-state index is 0.0811. The van der Waals surface area contributed by atoms with E-state index in [1.807, 2.05) is 0 Å². The van der Waals surface area contributed by atoms with E-state index >= 15 is 4.39 Å². The van der Waals surface area contributed by atoms with Gasteiger partial charge in [0.05, 0.1) is 19.2 Å². The van der Waals surface area contributed by atoms with Crippen LogP contribution in [0.2, 0.25) is 0 Å². The average Bonchev–Trinajstić information content (AvgIpc) is 3.88. The first-order valence-electron chi connectivity index (χ1n) is 15.5. The van der Waals surface area contributed by atoms with Gasteiger partial charge in [-0.1, -0.05) is 11.8 Å². The average molecular weight is 679 g/mol. The number of carbonyl (C=O) groups excluding carboxylic acids is 3. The lowest BCUT2D eigenvalue weighted by Gasteiger charge is -2.16. The second-order valence-corrected chi connectivity index (χ2v) is 12.5. The van der Waals surface area contributed by atoms with Crippen LogP contribution in [0.1, 0.15) is 32.6 Å². The van der Waals surface area contributed by atoms with Gasteiger partial charge in [0.25, 0.3) is 0 Å². The summed E-state index contributed by atoms with van der Waals surface area (Å²) in [5.74, 6) is -0.207. The van der Waals surface area contributed by atoms with E-state index in [2.05, 4.69) is 20.9 Å². The highest BCUT2D eigenvalue weighted by Gasteiger charge is 2.56. The summed E-state index contributed by atoms with van der Waals surface area (Å²) in [6.07, 6.45) is 3.88. The van der Waals surface area contributed by atoms with Crippen molar-refractivity contribution in [1.82, 2.24) is 10.3 Å². The number of nitrogens with zero attached hydrogens (tertiary/aromatic N) is 1. The summed E-state index contributed by atoms with van der Waals surface area (Å²) in [6, 6.07) is 14.3. The summed E-state index contributed by atoms with van der Waals surface area (Å²) < 4.78 is 45.9. The first-order valence-corrected chi connectivity index (χ1v) is 16.5. The number of hydrogen-bond donors (Lipinski definition) is 3. The van der Waals surface area contributed by atoms with Crippen LogP contribution in [-0.2, 0) is 14.4 Å². The molecule has 2 amide bonds. The Hall–Kier alpha value is -4.75. The number of hydrogen-bond acceptors (Lipinski definition) is 9. The molecule has 0 atom stereocenters. The second-order valence-electron chi connectivity index (χ2n) is 11.2. The number of amides is 2. The number of nitrogens with one attached hydrogen (secondary N) is 3. The molecule has 13 heteroatoms. The molecule has 4 aromatic rings. The molecule has 3 aromatic carbocycles. The predicted octanol–water partition coefficient (Wildman–Crippen LogP) is 6.70. The predicted molar refractivity (Wildman–Crippen MR) is 181 cm³/mol. The van der Waals surface area contributed by atoms with Crippen molar-refractivity contribution in [3.63, 3.8) is 0 Å². The minimum Gasteiger partial charge on any atom is -0.493 e. The Morgan fingerprint density at radius 3 is 2.25 bits per heavy atom. The van der Waals surface area contributed by atoms with Gasteiger partial charge in [-0.15, -0.1) is 0 Å². The number of halogens is 2. The lowest BCUT2D eigenvalue weighted by molar-refractivity contribution is -0.131. The molecule has 0 saturated heterocycles. The Bertz CT molecular complexity index is 1790. The first kappa shape index (κ1) is 34.6. The van der Waals surface area contributed by atoms with Crippen molar-refractivity contribution >= 4 is 51.0 Å². The lowest BCUT2D eigenvalue weighted by Crippen LogP contribution is -2.35. The Labute approximate surface area is 280 Å². The summed E-state index contributed by atoms with van der Waals surface area (Å²) in [7, 11) is 1.52. The largest absolute Gasteiger partial charge is 0.493 e. The number of benzene rings is 3. The minimum atomic E-state index is -1.29. The first-order chi connectivity index (χ1) is 23.2. The summed E-state index contributed by atoms with van der Waals surface area (Å²) in [6.45, 7) is 3.60. The molecule has 1 aliphatic rings. The van der Waals surface area contributed by atoms with Crippen LogP contribution in [0.3, 0.4) is 0 Å². The zero-order valence-electron chi connectivity index (χ0n) is 26.6. The molecule has 1 aliphatic carbocycles. The third-order valence-electron chi connectivity index (χ3n) is 7.68. The number of anilines is 2. The van der Waals surface area contributed by atoms with Gasteiger partial charge in [-0.2, -0.15) is 0 Å². The number of aromatic nitrogens is 1. The van der Waals surface area contributed by atoms with Crippen molar-refractivity contribution in [3.8, 4) is 23.0 Å². The molecule has 48 heavy (non-hydrogen) atoms. The number of ether oxygens (including phenoxy) is 3. The van der Waals surface area contributed by atoms with E-state index in [-0.39, 0.29) is 16.6 Å². The van der Waals surface area contributed by atoms with Gasteiger partial charge < -0.3 is 30.2 Å². The molecule has 1 fully saturated rings. The van der Waals surface area contributed by atoms with Crippen molar-refractivity contribution in [2.75, 3.05) is 43.2 Å². The maximum absolute atomic E-state index is 15.2. The van der Waals surface area contributed by atoms with Crippen LogP contribution < -0.4 is 30.2 Å². The van der Waals surface area contributed by atoms with Crippen molar-refractivity contribution < 1.29 is 37.4 Å². The van der Waals surface area contributed by atoms with Crippen molar-refractivity contribution in [2.45, 2.75) is 32.6 Å². The van der Waals surface area contributed by atoms with Gasteiger partial charge in [0.2, 0.25) is 11.8 Å². The monoisotopic (exact) mass is 678 g/mol. The second kappa shape index (κ2) is 15.9. The van der Waals surface area contributed by atoms with Gasteiger partial charge >= 0.3 is 0 Å². The van der Waals surface area contributed by atoms with E-state index in [0.717, 1.165) is 37.8 Å². The summed E-state index contributed by atoms with van der Waals surface area (Å²) in [4.78, 5) is 41.3. The SMILES string of the molecule is COc1cc2c(Oc3ccc(NC(=O)C4(C(=O)Nc5ccc(F)cc5)CC4)cc3F)ccnc2cc1OCCCNCCCSC(C)=O. The molecule has 0 aliphatic heterocycles. The van der Waals surface area contributed by atoms with Crippen molar-refractivity contribution in [2.24, 2.45) is 5.41 Å². The van der Waals surface area contributed by atoms with Crippen LogP contribution in [0.15, 0.2) is 66.9 Å². The van der Waals surface area contributed by atoms with E-state index in [4.69, 9.17) is 14.2 Å². The molecule has 10 nitrogen and oxygen atoms in total. The lowest BCUT2D eigenvalue weighted by atomic mass is 10.0. The molecule has 1 aromatic heterocycles. The van der Waals surface area contributed by atoms with E-state index in [9.17, 15) is 18.8 Å². The standard InChI is InChI=1S/C35H36F2N4O6S/c1-22(42)48-18-4-15-38-14-3-17-46-32-21-28-26(20-31(32)45-2)29(11-16-39-28)47-30-10-9-25(19-27(30)37)41-34(44)35(12-13-35)33(43)40-24-7-5-23(36)6-8-24/h5-11,16,19-21,38H,3-4,12-15,17-18H2,1-2H3,(H,40,43)(H,41,44). The molecule has 0 radical (unpaired) electrons. The zero-order valence-corrected chi connectivity index (χ0v) is 27.4. The zero-order chi connectivity index (χ0) is 34.1. The molecule has 3 N–H and O–H groups in total. The highest BCUT2D eigenvalue weighted by molar-refractivity contribution is 8.13. The van der Waals surface area contributed by atoms with E-state index in [1.54, 1.807) is 31.3 Å². The highest BCUT2D eigenvalue weighted by atomic mass is 32.2. The van der Waals surface area contributed by atoms with Crippen LogP contribution in [0.25, 0.3) is 10.9 Å². The van der Waals surface area contributed by atoms with Gasteiger partial charge in [-0.25, -0.2) is 8.78 Å². The molecule has 1 saturated carbocycles. The van der Waals surface area contributed by atoms with E-state index in [0.29, 0.717) is 53.3 Å². The van der Waals surface area contributed by atoms with Gasteiger partial charge in [0.1, 0.15) is 17.0 Å². The quantitative estimate of drug-likeness (QED) is 0.0876. The van der Waals surface area contributed by atoms with Gasteiger partial charge in [-0.05, 0) is 87.3 Å². The molecule has 0 unspecified atom stereocenters.